The monoisotopic (exact) mass is 360 g/mol. The van der Waals surface area contributed by atoms with Crippen molar-refractivity contribution < 1.29 is 14.7 Å². The summed E-state index contributed by atoms with van der Waals surface area (Å²) in [5, 5.41) is 15.2. The van der Waals surface area contributed by atoms with Gasteiger partial charge in [-0.15, -0.1) is 0 Å². The normalized spacial score (nSPS) is 20.9. The number of benzene rings is 1. The Balaban J connectivity index is 1.58. The SMILES string of the molecule is Cc1ccc(C(=O)NCCN2CCCC[C@H]2CO)cc1N1CCNC1=O. The summed E-state index contributed by atoms with van der Waals surface area (Å²) in [5.74, 6) is -0.136. The van der Waals surface area contributed by atoms with Crippen molar-refractivity contribution in [3.8, 4) is 0 Å². The summed E-state index contributed by atoms with van der Waals surface area (Å²) >= 11 is 0. The summed E-state index contributed by atoms with van der Waals surface area (Å²) in [6.45, 7) is 5.60. The van der Waals surface area contributed by atoms with Crippen molar-refractivity contribution >= 4 is 17.6 Å². The number of amides is 3. The van der Waals surface area contributed by atoms with E-state index >= 15 is 0 Å². The van der Waals surface area contributed by atoms with Gasteiger partial charge < -0.3 is 15.7 Å². The molecule has 26 heavy (non-hydrogen) atoms. The molecule has 3 rings (SSSR count). The van der Waals surface area contributed by atoms with Crippen molar-refractivity contribution in [1.29, 1.82) is 0 Å². The molecular formula is C19H28N4O3. The van der Waals surface area contributed by atoms with Crippen molar-refractivity contribution in [1.82, 2.24) is 15.5 Å². The average Bonchev–Trinajstić information content (AvgIpc) is 3.08. The Morgan fingerprint density at radius 3 is 2.92 bits per heavy atom. The molecule has 2 heterocycles. The zero-order valence-corrected chi connectivity index (χ0v) is 15.3. The molecule has 0 aromatic heterocycles. The maximum Gasteiger partial charge on any atom is 0.322 e. The van der Waals surface area contributed by atoms with Crippen molar-refractivity contribution in [2.24, 2.45) is 0 Å². The second kappa shape index (κ2) is 8.51. The molecule has 1 atom stereocenters. The number of aliphatic hydroxyl groups excluding tert-OH is 1. The van der Waals surface area contributed by atoms with E-state index in [2.05, 4.69) is 15.5 Å². The number of aryl methyl sites for hydroxylation is 1. The van der Waals surface area contributed by atoms with Gasteiger partial charge in [0.2, 0.25) is 0 Å². The van der Waals surface area contributed by atoms with Crippen LogP contribution in [-0.2, 0) is 0 Å². The van der Waals surface area contributed by atoms with E-state index in [4.69, 9.17) is 0 Å². The molecule has 0 bridgehead atoms. The molecule has 2 saturated heterocycles. The minimum absolute atomic E-state index is 0.120. The van der Waals surface area contributed by atoms with Crippen LogP contribution in [0.5, 0.6) is 0 Å². The molecule has 3 N–H and O–H groups in total. The zero-order valence-electron chi connectivity index (χ0n) is 15.3. The van der Waals surface area contributed by atoms with Crippen molar-refractivity contribution in [2.45, 2.75) is 32.2 Å². The van der Waals surface area contributed by atoms with E-state index in [9.17, 15) is 14.7 Å². The first-order chi connectivity index (χ1) is 12.6. The summed E-state index contributed by atoms with van der Waals surface area (Å²) in [6.07, 6.45) is 3.32. The van der Waals surface area contributed by atoms with Gasteiger partial charge in [0.05, 0.1) is 6.61 Å². The molecule has 142 valence electrons. The summed E-state index contributed by atoms with van der Waals surface area (Å²) in [6, 6.07) is 5.54. The summed E-state index contributed by atoms with van der Waals surface area (Å²) in [7, 11) is 0. The van der Waals surface area contributed by atoms with Crippen molar-refractivity contribution in [3.63, 3.8) is 0 Å². The van der Waals surface area contributed by atoms with E-state index in [1.54, 1.807) is 17.0 Å². The molecule has 3 amide bonds. The predicted molar refractivity (Wildman–Crippen MR) is 101 cm³/mol. The van der Waals surface area contributed by atoms with Gasteiger partial charge in [0, 0.05) is 43.5 Å². The third-order valence-electron chi connectivity index (χ3n) is 5.26. The molecule has 0 unspecified atom stereocenters. The molecule has 0 spiro atoms. The highest BCUT2D eigenvalue weighted by atomic mass is 16.3. The lowest BCUT2D eigenvalue weighted by Gasteiger charge is -2.34. The van der Waals surface area contributed by atoms with Gasteiger partial charge in [0.1, 0.15) is 0 Å². The number of carbonyl (C=O) groups excluding carboxylic acids is 2. The predicted octanol–water partition coefficient (Wildman–Crippen LogP) is 1.10. The van der Waals surface area contributed by atoms with Crippen LogP contribution in [0, 0.1) is 6.92 Å². The minimum Gasteiger partial charge on any atom is -0.395 e. The highest BCUT2D eigenvalue weighted by Gasteiger charge is 2.24. The Labute approximate surface area is 154 Å². The Morgan fingerprint density at radius 1 is 1.35 bits per heavy atom. The van der Waals surface area contributed by atoms with E-state index < -0.39 is 0 Å². The summed E-state index contributed by atoms with van der Waals surface area (Å²) in [4.78, 5) is 28.3. The number of carbonyl (C=O) groups is 2. The lowest BCUT2D eigenvalue weighted by Crippen LogP contribution is -2.45. The molecule has 2 fully saturated rings. The van der Waals surface area contributed by atoms with E-state index in [-0.39, 0.29) is 24.6 Å². The lowest BCUT2D eigenvalue weighted by molar-refractivity contribution is 0.0849. The Morgan fingerprint density at radius 2 is 2.19 bits per heavy atom. The van der Waals surface area contributed by atoms with Crippen molar-refractivity contribution in [3.05, 3.63) is 29.3 Å². The van der Waals surface area contributed by atoms with E-state index in [1.807, 2.05) is 13.0 Å². The van der Waals surface area contributed by atoms with Gasteiger partial charge in [-0.25, -0.2) is 4.79 Å². The van der Waals surface area contributed by atoms with Gasteiger partial charge in [-0.1, -0.05) is 12.5 Å². The number of hydrogen-bond donors (Lipinski definition) is 3. The van der Waals surface area contributed by atoms with Crippen molar-refractivity contribution in [2.75, 3.05) is 44.2 Å². The van der Waals surface area contributed by atoms with Gasteiger partial charge in [0.15, 0.2) is 0 Å². The highest BCUT2D eigenvalue weighted by Crippen LogP contribution is 2.23. The first-order valence-corrected chi connectivity index (χ1v) is 9.39. The summed E-state index contributed by atoms with van der Waals surface area (Å²) in [5.41, 5.74) is 2.31. The summed E-state index contributed by atoms with van der Waals surface area (Å²) < 4.78 is 0. The van der Waals surface area contributed by atoms with Gasteiger partial charge in [-0.2, -0.15) is 0 Å². The quantitative estimate of drug-likeness (QED) is 0.709. The van der Waals surface area contributed by atoms with Gasteiger partial charge in [-0.3, -0.25) is 14.6 Å². The fraction of sp³-hybridized carbons (Fsp3) is 0.579. The number of anilines is 1. The largest absolute Gasteiger partial charge is 0.395 e. The lowest BCUT2D eigenvalue weighted by atomic mass is 10.0. The third kappa shape index (κ3) is 4.16. The van der Waals surface area contributed by atoms with Crippen LogP contribution in [0.25, 0.3) is 0 Å². The molecule has 1 aromatic carbocycles. The number of nitrogens with one attached hydrogen (secondary N) is 2. The molecule has 1 aromatic rings. The molecule has 0 aliphatic carbocycles. The van der Waals surface area contributed by atoms with Crippen LogP contribution in [0.2, 0.25) is 0 Å². The third-order valence-corrected chi connectivity index (χ3v) is 5.26. The number of piperidine rings is 1. The van der Waals surface area contributed by atoms with Crippen LogP contribution in [0.3, 0.4) is 0 Å². The highest BCUT2D eigenvalue weighted by molar-refractivity contribution is 5.99. The fourth-order valence-corrected chi connectivity index (χ4v) is 3.72. The maximum absolute atomic E-state index is 12.5. The Kier molecular flexibility index (Phi) is 6.11. The van der Waals surface area contributed by atoms with Gasteiger partial charge >= 0.3 is 6.03 Å². The minimum atomic E-state index is -0.136. The number of nitrogens with zero attached hydrogens (tertiary/aromatic N) is 2. The Bertz CT molecular complexity index is 664. The number of aliphatic hydroxyl groups is 1. The van der Waals surface area contributed by atoms with Gasteiger partial charge in [-0.05, 0) is 44.0 Å². The number of likely N-dealkylation sites (tertiary alicyclic amines) is 1. The average molecular weight is 360 g/mol. The fourth-order valence-electron chi connectivity index (χ4n) is 3.72. The topological polar surface area (TPSA) is 84.9 Å². The van der Waals surface area contributed by atoms with Crippen LogP contribution in [-0.4, -0.2) is 67.3 Å². The van der Waals surface area contributed by atoms with Crippen LogP contribution in [0.4, 0.5) is 10.5 Å². The van der Waals surface area contributed by atoms with E-state index in [0.717, 1.165) is 43.6 Å². The first kappa shape index (κ1) is 18.7. The molecule has 7 nitrogen and oxygen atoms in total. The molecule has 7 heteroatoms. The van der Waals surface area contributed by atoms with E-state index in [1.165, 1.54) is 0 Å². The van der Waals surface area contributed by atoms with Crippen LogP contribution in [0.1, 0.15) is 35.2 Å². The number of urea groups is 1. The molecule has 0 radical (unpaired) electrons. The smallest absolute Gasteiger partial charge is 0.322 e. The zero-order chi connectivity index (χ0) is 18.5. The van der Waals surface area contributed by atoms with Crippen LogP contribution < -0.4 is 15.5 Å². The number of hydrogen-bond acceptors (Lipinski definition) is 4. The second-order valence-electron chi connectivity index (χ2n) is 7.01. The van der Waals surface area contributed by atoms with Gasteiger partial charge in [0.25, 0.3) is 5.91 Å². The molecular weight excluding hydrogens is 332 g/mol. The van der Waals surface area contributed by atoms with Crippen LogP contribution >= 0.6 is 0 Å². The first-order valence-electron chi connectivity index (χ1n) is 9.39. The standard InChI is InChI=1S/C19H28N4O3/c1-14-5-6-15(12-17(14)23-11-8-21-19(23)26)18(25)20-7-10-22-9-3-2-4-16(22)13-24/h5-6,12,16,24H,2-4,7-11,13H2,1H3,(H,20,25)(H,21,26)/t16-/m0/s1. The molecule has 0 saturated carbocycles. The molecule has 2 aliphatic rings. The Hall–Kier alpha value is -2.12. The molecule has 2 aliphatic heterocycles. The number of rotatable bonds is 6. The second-order valence-corrected chi connectivity index (χ2v) is 7.01. The van der Waals surface area contributed by atoms with Crippen LogP contribution in [0.15, 0.2) is 18.2 Å². The maximum atomic E-state index is 12.5. The van der Waals surface area contributed by atoms with E-state index in [0.29, 0.717) is 25.2 Å².